The Labute approximate surface area is 182 Å². The Bertz CT molecular complexity index is 1030. The number of amides is 1. The molecular formula is C24H29N5O2. The van der Waals surface area contributed by atoms with E-state index in [0.717, 1.165) is 48.2 Å². The molecule has 1 N–H and O–H groups in total. The van der Waals surface area contributed by atoms with Crippen molar-refractivity contribution in [3.63, 3.8) is 0 Å². The predicted molar refractivity (Wildman–Crippen MR) is 116 cm³/mol. The molecule has 162 valence electrons. The zero-order valence-electron chi connectivity index (χ0n) is 18.0. The second-order valence-corrected chi connectivity index (χ2v) is 10.4. The quantitative estimate of drug-likeness (QED) is 0.827. The Hall–Kier alpha value is -2.59. The number of carbonyl (C=O) groups is 1. The summed E-state index contributed by atoms with van der Waals surface area (Å²) >= 11 is 0. The molecule has 7 nitrogen and oxygen atoms in total. The molecule has 0 unspecified atom stereocenters. The Kier molecular flexibility index (Phi) is 4.29. The maximum absolute atomic E-state index is 13.4. The third-order valence-corrected chi connectivity index (χ3v) is 7.97. The summed E-state index contributed by atoms with van der Waals surface area (Å²) in [4.78, 5) is 15.6. The van der Waals surface area contributed by atoms with Gasteiger partial charge in [-0.1, -0.05) is 0 Å². The van der Waals surface area contributed by atoms with Crippen LogP contribution in [0, 0.1) is 29.1 Å². The van der Waals surface area contributed by atoms with Crippen molar-refractivity contribution >= 4 is 17.1 Å². The Morgan fingerprint density at radius 3 is 2.55 bits per heavy atom. The van der Waals surface area contributed by atoms with E-state index in [1.165, 1.54) is 19.3 Å². The predicted octanol–water partition coefficient (Wildman–Crippen LogP) is 2.88. The SMILES string of the molecule is C[C@@H]1CN(c2ccc(C#N)n3nccc23)C[C@H](C(=O)NC23CC4CC(CC(C4)C2)C3)O1. The number of carbonyl (C=O) groups excluding carboxylic acids is 1. The normalized spacial score (nSPS) is 36.5. The Morgan fingerprint density at radius 2 is 1.87 bits per heavy atom. The van der Waals surface area contributed by atoms with Gasteiger partial charge in [0.1, 0.15) is 11.8 Å². The Morgan fingerprint density at radius 1 is 1.16 bits per heavy atom. The lowest BCUT2D eigenvalue weighted by atomic mass is 9.53. The van der Waals surface area contributed by atoms with Crippen molar-refractivity contribution in [3.05, 3.63) is 30.1 Å². The maximum Gasteiger partial charge on any atom is 0.251 e. The molecule has 5 aliphatic rings. The number of nitrogens with zero attached hydrogens (tertiary/aromatic N) is 4. The molecule has 4 bridgehead atoms. The van der Waals surface area contributed by atoms with E-state index in [0.29, 0.717) is 18.8 Å². The molecule has 0 aromatic carbocycles. The minimum Gasteiger partial charge on any atom is -0.364 e. The highest BCUT2D eigenvalue weighted by molar-refractivity contribution is 5.83. The molecule has 2 atom stereocenters. The fourth-order valence-electron chi connectivity index (χ4n) is 7.25. The van der Waals surface area contributed by atoms with Gasteiger partial charge in [0.15, 0.2) is 6.10 Å². The first kappa shape index (κ1) is 19.1. The summed E-state index contributed by atoms with van der Waals surface area (Å²) in [5.74, 6) is 2.42. The molecule has 2 aromatic rings. The van der Waals surface area contributed by atoms with Gasteiger partial charge in [-0.3, -0.25) is 4.79 Å². The highest BCUT2D eigenvalue weighted by Crippen LogP contribution is 2.55. The van der Waals surface area contributed by atoms with Crippen molar-refractivity contribution in [2.24, 2.45) is 17.8 Å². The highest BCUT2D eigenvalue weighted by atomic mass is 16.5. The van der Waals surface area contributed by atoms with Crippen LogP contribution in [-0.2, 0) is 9.53 Å². The lowest BCUT2D eigenvalue weighted by molar-refractivity contribution is -0.142. The molecule has 7 rings (SSSR count). The van der Waals surface area contributed by atoms with E-state index in [2.05, 4.69) is 21.4 Å². The van der Waals surface area contributed by atoms with Gasteiger partial charge in [0.05, 0.1) is 30.0 Å². The van der Waals surface area contributed by atoms with E-state index in [1.54, 1.807) is 16.8 Å². The number of anilines is 1. The molecular weight excluding hydrogens is 390 g/mol. The second kappa shape index (κ2) is 6.96. The van der Waals surface area contributed by atoms with E-state index >= 15 is 0 Å². The summed E-state index contributed by atoms with van der Waals surface area (Å²) in [6, 6.07) is 7.86. The van der Waals surface area contributed by atoms with Crippen LogP contribution in [0.4, 0.5) is 5.69 Å². The number of pyridine rings is 1. The van der Waals surface area contributed by atoms with Crippen LogP contribution < -0.4 is 10.2 Å². The van der Waals surface area contributed by atoms with Crippen molar-refractivity contribution in [2.45, 2.75) is 63.2 Å². The molecule has 1 aliphatic heterocycles. The van der Waals surface area contributed by atoms with E-state index in [9.17, 15) is 10.1 Å². The molecule has 4 aliphatic carbocycles. The topological polar surface area (TPSA) is 82.7 Å². The second-order valence-electron chi connectivity index (χ2n) is 10.4. The van der Waals surface area contributed by atoms with Gasteiger partial charge in [-0.05, 0) is 81.4 Å². The van der Waals surface area contributed by atoms with E-state index in [1.807, 2.05) is 19.1 Å². The minimum atomic E-state index is -0.490. The van der Waals surface area contributed by atoms with Crippen molar-refractivity contribution in [1.29, 1.82) is 5.26 Å². The molecule has 4 saturated carbocycles. The zero-order valence-corrected chi connectivity index (χ0v) is 18.0. The summed E-state index contributed by atoms with van der Waals surface area (Å²) in [5.41, 5.74) is 2.36. The summed E-state index contributed by atoms with van der Waals surface area (Å²) in [6.07, 6.45) is 8.67. The van der Waals surface area contributed by atoms with Crippen LogP contribution in [-0.4, -0.2) is 46.4 Å². The molecule has 1 saturated heterocycles. The van der Waals surface area contributed by atoms with Gasteiger partial charge in [0.2, 0.25) is 0 Å². The third-order valence-electron chi connectivity index (χ3n) is 7.97. The van der Waals surface area contributed by atoms with Gasteiger partial charge in [-0.2, -0.15) is 10.4 Å². The van der Waals surface area contributed by atoms with Gasteiger partial charge in [0, 0.05) is 12.1 Å². The molecule has 2 aromatic heterocycles. The maximum atomic E-state index is 13.4. The number of rotatable bonds is 3. The number of hydrogen-bond acceptors (Lipinski definition) is 5. The largest absolute Gasteiger partial charge is 0.364 e. The average Bonchev–Trinajstić information content (AvgIpc) is 3.21. The number of aromatic nitrogens is 2. The molecule has 5 fully saturated rings. The highest BCUT2D eigenvalue weighted by Gasteiger charge is 2.52. The lowest BCUT2D eigenvalue weighted by Gasteiger charge is -2.57. The summed E-state index contributed by atoms with van der Waals surface area (Å²) < 4.78 is 7.79. The van der Waals surface area contributed by atoms with Gasteiger partial charge in [-0.25, -0.2) is 4.52 Å². The molecule has 7 heteroatoms. The summed E-state index contributed by atoms with van der Waals surface area (Å²) in [7, 11) is 0. The fraction of sp³-hybridized carbons (Fsp3) is 0.625. The van der Waals surface area contributed by atoms with Gasteiger partial charge < -0.3 is 15.0 Å². The van der Waals surface area contributed by atoms with Crippen LogP contribution in [0.15, 0.2) is 24.4 Å². The van der Waals surface area contributed by atoms with Crippen LogP contribution in [0.2, 0.25) is 0 Å². The number of hydrogen-bond donors (Lipinski definition) is 1. The average molecular weight is 420 g/mol. The molecule has 31 heavy (non-hydrogen) atoms. The van der Waals surface area contributed by atoms with Gasteiger partial charge in [0.25, 0.3) is 5.91 Å². The van der Waals surface area contributed by atoms with E-state index in [-0.39, 0.29) is 17.6 Å². The van der Waals surface area contributed by atoms with Crippen molar-refractivity contribution in [1.82, 2.24) is 14.9 Å². The van der Waals surface area contributed by atoms with Crippen LogP contribution in [0.1, 0.15) is 51.1 Å². The number of ether oxygens (including phenoxy) is 1. The van der Waals surface area contributed by atoms with Crippen LogP contribution in [0.5, 0.6) is 0 Å². The molecule has 0 radical (unpaired) electrons. The zero-order chi connectivity index (χ0) is 21.2. The van der Waals surface area contributed by atoms with Crippen LogP contribution in [0.3, 0.4) is 0 Å². The summed E-state index contributed by atoms with van der Waals surface area (Å²) in [6.45, 7) is 3.23. The van der Waals surface area contributed by atoms with Gasteiger partial charge >= 0.3 is 0 Å². The van der Waals surface area contributed by atoms with Crippen LogP contribution >= 0.6 is 0 Å². The smallest absolute Gasteiger partial charge is 0.251 e. The van der Waals surface area contributed by atoms with E-state index < -0.39 is 6.10 Å². The number of nitriles is 1. The van der Waals surface area contributed by atoms with Crippen molar-refractivity contribution in [2.75, 3.05) is 18.0 Å². The Balaban J connectivity index is 1.23. The fourth-order valence-corrected chi connectivity index (χ4v) is 7.25. The van der Waals surface area contributed by atoms with Crippen LogP contribution in [0.25, 0.3) is 5.52 Å². The monoisotopic (exact) mass is 419 g/mol. The first-order chi connectivity index (χ1) is 15.0. The number of morpholine rings is 1. The third kappa shape index (κ3) is 3.20. The van der Waals surface area contributed by atoms with Crippen molar-refractivity contribution < 1.29 is 9.53 Å². The molecule has 1 amide bonds. The minimum absolute atomic E-state index is 0.00608. The lowest BCUT2D eigenvalue weighted by Crippen LogP contribution is -2.63. The summed E-state index contributed by atoms with van der Waals surface area (Å²) in [5, 5.41) is 17.1. The molecule has 3 heterocycles. The first-order valence-corrected chi connectivity index (χ1v) is 11.6. The van der Waals surface area contributed by atoms with E-state index in [4.69, 9.17) is 4.74 Å². The number of nitrogens with one attached hydrogen (secondary N) is 1. The van der Waals surface area contributed by atoms with Gasteiger partial charge in [-0.15, -0.1) is 0 Å². The standard InChI is InChI=1S/C24H29N5O2/c1-15-13-28(20-3-2-19(12-25)29-21(20)4-5-26-29)14-22(31-15)23(30)27-24-9-16-6-17(10-24)8-18(7-16)11-24/h2-5,15-18,22H,6-11,13-14H2,1H3,(H,27,30)/t15-,16?,17?,18?,22-,24?/m1/s1. The van der Waals surface area contributed by atoms with Crippen molar-refractivity contribution in [3.8, 4) is 6.07 Å². The first-order valence-electron chi connectivity index (χ1n) is 11.6. The molecule has 0 spiro atoms. The number of fused-ring (bicyclic) bond motifs is 1.